The molecule has 0 aliphatic carbocycles. The molecule has 2 aromatic heterocycles. The van der Waals surface area contributed by atoms with E-state index in [1.807, 2.05) is 19.9 Å². The molecule has 0 aliphatic heterocycles. The molecule has 2 heterocycles. The van der Waals surface area contributed by atoms with Crippen molar-refractivity contribution in [2.24, 2.45) is 0 Å². The highest BCUT2D eigenvalue weighted by Gasteiger charge is 2.26. The van der Waals surface area contributed by atoms with E-state index >= 15 is 0 Å². The summed E-state index contributed by atoms with van der Waals surface area (Å²) in [5, 5.41) is 5.72. The number of aromatic nitrogens is 2. The van der Waals surface area contributed by atoms with Crippen LogP contribution in [-0.2, 0) is 9.53 Å². The number of carbonyl (C=O) groups is 3. The lowest BCUT2D eigenvalue weighted by Gasteiger charge is -2.18. The van der Waals surface area contributed by atoms with Gasteiger partial charge < -0.3 is 10.1 Å². The van der Waals surface area contributed by atoms with Gasteiger partial charge in [-0.25, -0.2) is 9.78 Å². The number of nitrogens with zero attached hydrogens (tertiary/aromatic N) is 2. The fourth-order valence-corrected chi connectivity index (χ4v) is 3.81. The number of carbonyl (C=O) groups excluding carboxylic acids is 3. The summed E-state index contributed by atoms with van der Waals surface area (Å²) in [6.07, 6.45) is 2.99. The molecule has 0 aliphatic rings. The lowest BCUT2D eigenvalue weighted by atomic mass is 10.1. The molecule has 0 saturated carbocycles. The highest BCUT2D eigenvalue weighted by atomic mass is 32.1. The molecule has 2 amide bonds. The van der Waals surface area contributed by atoms with Crippen LogP contribution < -0.4 is 10.6 Å². The second-order valence-corrected chi connectivity index (χ2v) is 7.96. The minimum atomic E-state index is -0.970. The maximum absolute atomic E-state index is 13.1. The summed E-state index contributed by atoms with van der Waals surface area (Å²) in [4.78, 5) is 46.7. The van der Waals surface area contributed by atoms with Crippen LogP contribution in [0.1, 0.15) is 57.1 Å². The highest BCUT2D eigenvalue weighted by Crippen LogP contribution is 2.31. The number of benzene rings is 1. The largest absolute Gasteiger partial charge is 0.464 e. The van der Waals surface area contributed by atoms with E-state index in [0.29, 0.717) is 16.0 Å². The third-order valence-electron chi connectivity index (χ3n) is 4.38. The van der Waals surface area contributed by atoms with Gasteiger partial charge in [-0.15, -0.1) is 11.3 Å². The van der Waals surface area contributed by atoms with Gasteiger partial charge in [-0.1, -0.05) is 44.2 Å². The monoisotopic (exact) mass is 438 g/mol. The van der Waals surface area contributed by atoms with Crippen LogP contribution in [0.25, 0.3) is 0 Å². The van der Waals surface area contributed by atoms with Crippen molar-refractivity contribution in [3.8, 4) is 0 Å². The molecule has 0 radical (unpaired) electrons. The first-order chi connectivity index (χ1) is 14.9. The smallest absolute Gasteiger partial charge is 0.357 e. The predicted octanol–water partition coefficient (Wildman–Crippen LogP) is 3.56. The topological polar surface area (TPSA) is 110 Å². The molecule has 1 aromatic carbocycles. The van der Waals surface area contributed by atoms with Gasteiger partial charge in [0.15, 0.2) is 10.8 Å². The Hall–Kier alpha value is -3.59. The molecule has 0 fully saturated rings. The van der Waals surface area contributed by atoms with Crippen LogP contribution in [0, 0.1) is 0 Å². The molecular formula is C22H22N4O4S. The number of pyridine rings is 1. The van der Waals surface area contributed by atoms with Gasteiger partial charge in [0, 0.05) is 17.3 Å². The summed E-state index contributed by atoms with van der Waals surface area (Å²) in [6.45, 7) is 3.85. The Morgan fingerprint density at radius 1 is 1.06 bits per heavy atom. The van der Waals surface area contributed by atoms with Gasteiger partial charge in [-0.05, 0) is 23.6 Å². The molecule has 1 unspecified atom stereocenters. The Morgan fingerprint density at radius 3 is 2.42 bits per heavy atom. The number of hydrogen-bond donors (Lipinski definition) is 2. The number of nitrogens with one attached hydrogen (secondary N) is 2. The minimum Gasteiger partial charge on any atom is -0.464 e. The number of rotatable bonds is 7. The van der Waals surface area contributed by atoms with Gasteiger partial charge in [0.25, 0.3) is 11.8 Å². The maximum atomic E-state index is 13.1. The van der Waals surface area contributed by atoms with Gasteiger partial charge in [0.2, 0.25) is 0 Å². The highest BCUT2D eigenvalue weighted by molar-refractivity contribution is 7.16. The van der Waals surface area contributed by atoms with E-state index in [9.17, 15) is 14.4 Å². The SMILES string of the molecule is COC(=O)c1nc(NC(=O)C(NC(=O)c2cccnc2)c2ccccc2)sc1C(C)C. The fourth-order valence-electron chi connectivity index (χ4n) is 2.85. The average molecular weight is 439 g/mol. The summed E-state index contributed by atoms with van der Waals surface area (Å²) in [5.74, 6) is -1.46. The first-order valence-electron chi connectivity index (χ1n) is 9.56. The molecule has 1 atom stereocenters. The van der Waals surface area contributed by atoms with Crippen molar-refractivity contribution in [3.63, 3.8) is 0 Å². The Kier molecular flexibility index (Phi) is 7.09. The van der Waals surface area contributed by atoms with Crippen molar-refractivity contribution in [1.82, 2.24) is 15.3 Å². The lowest BCUT2D eigenvalue weighted by molar-refractivity contribution is -0.118. The average Bonchev–Trinajstić information content (AvgIpc) is 3.22. The van der Waals surface area contributed by atoms with E-state index in [0.717, 1.165) is 0 Å². The molecule has 0 saturated heterocycles. The van der Waals surface area contributed by atoms with Crippen LogP contribution in [0.4, 0.5) is 5.13 Å². The van der Waals surface area contributed by atoms with E-state index in [1.165, 1.54) is 24.6 Å². The van der Waals surface area contributed by atoms with Gasteiger partial charge in [0.1, 0.15) is 6.04 Å². The summed E-state index contributed by atoms with van der Waals surface area (Å²) in [6, 6.07) is 11.2. The molecule has 0 bridgehead atoms. The quantitative estimate of drug-likeness (QED) is 0.546. The zero-order valence-corrected chi connectivity index (χ0v) is 18.1. The van der Waals surface area contributed by atoms with Crippen molar-refractivity contribution < 1.29 is 19.1 Å². The zero-order valence-electron chi connectivity index (χ0n) is 17.3. The third-order valence-corrected chi connectivity index (χ3v) is 5.65. The van der Waals surface area contributed by atoms with E-state index in [-0.39, 0.29) is 16.7 Å². The molecule has 3 rings (SSSR count). The summed E-state index contributed by atoms with van der Waals surface area (Å²) in [5.41, 5.74) is 1.11. The van der Waals surface area contributed by atoms with Crippen molar-refractivity contribution in [2.75, 3.05) is 12.4 Å². The number of amides is 2. The number of esters is 1. The standard InChI is InChI=1S/C22H22N4O4S/c1-13(2)18-17(21(29)30-3)25-22(31-18)26-20(28)16(14-8-5-4-6-9-14)24-19(27)15-10-7-11-23-12-15/h4-13,16H,1-3H3,(H,24,27)(H,25,26,28). The number of anilines is 1. The number of methoxy groups -OCH3 is 1. The summed E-state index contributed by atoms with van der Waals surface area (Å²) >= 11 is 1.20. The Labute approximate surface area is 183 Å². The van der Waals surface area contributed by atoms with Crippen molar-refractivity contribution in [3.05, 3.63) is 76.6 Å². The molecule has 160 valence electrons. The zero-order chi connectivity index (χ0) is 22.4. The number of thiazole rings is 1. The fraction of sp³-hybridized carbons (Fsp3) is 0.227. The molecule has 2 N–H and O–H groups in total. The van der Waals surface area contributed by atoms with Crippen LogP contribution in [-0.4, -0.2) is 34.9 Å². The minimum absolute atomic E-state index is 0.0208. The van der Waals surface area contributed by atoms with E-state index < -0.39 is 23.8 Å². The van der Waals surface area contributed by atoms with Crippen LogP contribution >= 0.6 is 11.3 Å². The predicted molar refractivity (Wildman–Crippen MR) is 117 cm³/mol. The Balaban J connectivity index is 1.87. The molecule has 8 nitrogen and oxygen atoms in total. The van der Waals surface area contributed by atoms with Crippen LogP contribution in [0.3, 0.4) is 0 Å². The van der Waals surface area contributed by atoms with E-state index in [2.05, 4.69) is 20.6 Å². The summed E-state index contributed by atoms with van der Waals surface area (Å²) in [7, 11) is 1.28. The molecule has 0 spiro atoms. The Bertz CT molecular complexity index is 1070. The first-order valence-corrected chi connectivity index (χ1v) is 10.4. The van der Waals surface area contributed by atoms with Crippen molar-refractivity contribution >= 4 is 34.3 Å². The molecule has 3 aromatic rings. The van der Waals surface area contributed by atoms with E-state index in [1.54, 1.807) is 42.6 Å². The number of hydrogen-bond acceptors (Lipinski definition) is 7. The van der Waals surface area contributed by atoms with Crippen LogP contribution in [0.5, 0.6) is 0 Å². The van der Waals surface area contributed by atoms with Crippen LogP contribution in [0.15, 0.2) is 54.9 Å². The lowest BCUT2D eigenvalue weighted by Crippen LogP contribution is -2.37. The second kappa shape index (κ2) is 9.94. The van der Waals surface area contributed by atoms with Gasteiger partial charge in [-0.3, -0.25) is 19.9 Å². The third kappa shape index (κ3) is 5.32. The maximum Gasteiger partial charge on any atom is 0.357 e. The first kappa shape index (κ1) is 22.1. The number of ether oxygens (including phenoxy) is 1. The molecular weight excluding hydrogens is 416 g/mol. The van der Waals surface area contributed by atoms with Gasteiger partial charge >= 0.3 is 5.97 Å². The van der Waals surface area contributed by atoms with Gasteiger partial charge in [-0.2, -0.15) is 0 Å². The molecule has 31 heavy (non-hydrogen) atoms. The normalized spacial score (nSPS) is 11.6. The van der Waals surface area contributed by atoms with Crippen LogP contribution in [0.2, 0.25) is 0 Å². The van der Waals surface area contributed by atoms with Crippen molar-refractivity contribution in [2.45, 2.75) is 25.8 Å². The second-order valence-electron chi connectivity index (χ2n) is 6.93. The van der Waals surface area contributed by atoms with Crippen molar-refractivity contribution in [1.29, 1.82) is 0 Å². The van der Waals surface area contributed by atoms with Gasteiger partial charge in [0.05, 0.1) is 12.7 Å². The summed E-state index contributed by atoms with van der Waals surface area (Å²) < 4.78 is 4.79. The molecule has 9 heteroatoms. The Morgan fingerprint density at radius 2 is 1.81 bits per heavy atom. The van der Waals surface area contributed by atoms with E-state index in [4.69, 9.17) is 4.74 Å².